The van der Waals surface area contributed by atoms with Crippen molar-refractivity contribution in [3.8, 4) is 10.4 Å². The molecular weight excluding hydrogens is 269 g/mol. The highest BCUT2D eigenvalue weighted by Crippen LogP contribution is 2.35. The van der Waals surface area contributed by atoms with Gasteiger partial charge < -0.3 is 5.32 Å². The van der Waals surface area contributed by atoms with Crippen molar-refractivity contribution in [3.63, 3.8) is 0 Å². The SMILES string of the molecule is CC(C)NCc1ccc(F)cc1-c1sccc1Cl. The molecule has 4 heteroatoms. The van der Waals surface area contributed by atoms with E-state index in [4.69, 9.17) is 11.6 Å². The normalized spacial score (nSPS) is 11.2. The van der Waals surface area contributed by atoms with Crippen LogP contribution in [0.5, 0.6) is 0 Å². The van der Waals surface area contributed by atoms with Crippen LogP contribution in [0.25, 0.3) is 10.4 Å². The van der Waals surface area contributed by atoms with Crippen LogP contribution in [0.2, 0.25) is 5.02 Å². The van der Waals surface area contributed by atoms with Crippen molar-refractivity contribution in [2.45, 2.75) is 26.4 Å². The molecule has 0 saturated carbocycles. The van der Waals surface area contributed by atoms with Crippen molar-refractivity contribution >= 4 is 22.9 Å². The maximum atomic E-state index is 13.4. The summed E-state index contributed by atoms with van der Waals surface area (Å²) in [7, 11) is 0. The van der Waals surface area contributed by atoms with Gasteiger partial charge in [0.05, 0.1) is 9.90 Å². The topological polar surface area (TPSA) is 12.0 Å². The molecule has 0 unspecified atom stereocenters. The van der Waals surface area contributed by atoms with Crippen molar-refractivity contribution in [3.05, 3.63) is 46.0 Å². The summed E-state index contributed by atoms with van der Waals surface area (Å²) in [6.45, 7) is 4.88. The second-order valence-corrected chi connectivity index (χ2v) is 5.76. The average Bonchev–Trinajstić information content (AvgIpc) is 2.73. The Morgan fingerprint density at radius 3 is 2.72 bits per heavy atom. The minimum absolute atomic E-state index is 0.234. The first-order chi connectivity index (χ1) is 8.58. The molecule has 0 saturated heterocycles. The number of hydrogen-bond acceptors (Lipinski definition) is 2. The van der Waals surface area contributed by atoms with Crippen molar-refractivity contribution < 1.29 is 4.39 Å². The van der Waals surface area contributed by atoms with Crippen LogP contribution < -0.4 is 5.32 Å². The van der Waals surface area contributed by atoms with Crippen molar-refractivity contribution in [2.24, 2.45) is 0 Å². The lowest BCUT2D eigenvalue weighted by Crippen LogP contribution is -2.22. The van der Waals surface area contributed by atoms with Crippen molar-refractivity contribution in [2.75, 3.05) is 0 Å². The minimum Gasteiger partial charge on any atom is -0.310 e. The van der Waals surface area contributed by atoms with Gasteiger partial charge >= 0.3 is 0 Å². The molecule has 0 radical (unpaired) electrons. The van der Waals surface area contributed by atoms with E-state index < -0.39 is 0 Å². The maximum Gasteiger partial charge on any atom is 0.123 e. The first kappa shape index (κ1) is 13.5. The van der Waals surface area contributed by atoms with E-state index in [9.17, 15) is 4.39 Å². The fourth-order valence-corrected chi connectivity index (χ4v) is 2.93. The molecule has 2 rings (SSSR count). The fraction of sp³-hybridized carbons (Fsp3) is 0.286. The van der Waals surface area contributed by atoms with Gasteiger partial charge in [0.15, 0.2) is 0 Å². The van der Waals surface area contributed by atoms with E-state index in [2.05, 4.69) is 19.2 Å². The van der Waals surface area contributed by atoms with E-state index in [0.717, 1.165) is 16.0 Å². The van der Waals surface area contributed by atoms with Crippen LogP contribution in [-0.4, -0.2) is 6.04 Å². The summed E-state index contributed by atoms with van der Waals surface area (Å²) >= 11 is 7.66. The van der Waals surface area contributed by atoms with Crippen LogP contribution in [0.15, 0.2) is 29.6 Å². The Hall–Kier alpha value is -0.900. The lowest BCUT2D eigenvalue weighted by Gasteiger charge is -2.12. The van der Waals surface area contributed by atoms with Gasteiger partial charge in [-0.3, -0.25) is 0 Å². The summed E-state index contributed by atoms with van der Waals surface area (Å²) in [4.78, 5) is 0.928. The van der Waals surface area contributed by atoms with Gasteiger partial charge in [0.2, 0.25) is 0 Å². The second-order valence-electron chi connectivity index (χ2n) is 4.43. The highest BCUT2D eigenvalue weighted by molar-refractivity contribution is 7.14. The molecule has 1 heterocycles. The van der Waals surface area contributed by atoms with Crippen LogP contribution in [0.1, 0.15) is 19.4 Å². The zero-order valence-corrected chi connectivity index (χ0v) is 11.9. The molecule has 96 valence electrons. The van der Waals surface area contributed by atoms with E-state index in [-0.39, 0.29) is 5.82 Å². The third kappa shape index (κ3) is 3.10. The van der Waals surface area contributed by atoms with E-state index in [1.54, 1.807) is 6.07 Å². The number of benzene rings is 1. The molecule has 0 amide bonds. The number of halogens is 2. The predicted octanol–water partition coefficient (Wildman–Crippen LogP) is 4.71. The lowest BCUT2D eigenvalue weighted by atomic mass is 10.1. The van der Waals surface area contributed by atoms with Gasteiger partial charge in [0, 0.05) is 18.2 Å². The summed E-state index contributed by atoms with van der Waals surface area (Å²) in [5, 5.41) is 5.94. The molecule has 0 aliphatic carbocycles. The number of hydrogen-bond donors (Lipinski definition) is 1. The number of thiophene rings is 1. The summed E-state index contributed by atoms with van der Waals surface area (Å²) in [5.41, 5.74) is 1.94. The highest BCUT2D eigenvalue weighted by Gasteiger charge is 2.11. The molecule has 0 fully saturated rings. The van der Waals surface area contributed by atoms with Crippen LogP contribution in [0, 0.1) is 5.82 Å². The Balaban J connectivity index is 2.38. The van der Waals surface area contributed by atoms with E-state index >= 15 is 0 Å². The van der Waals surface area contributed by atoms with Gasteiger partial charge in [-0.25, -0.2) is 4.39 Å². The number of rotatable bonds is 4. The molecule has 0 bridgehead atoms. The monoisotopic (exact) mass is 283 g/mol. The molecule has 1 N–H and O–H groups in total. The van der Waals surface area contributed by atoms with E-state index in [1.807, 2.05) is 17.5 Å². The van der Waals surface area contributed by atoms with Crippen molar-refractivity contribution in [1.82, 2.24) is 5.32 Å². The Kier molecular flexibility index (Phi) is 4.38. The van der Waals surface area contributed by atoms with Crippen molar-refractivity contribution in [1.29, 1.82) is 0 Å². The third-order valence-electron chi connectivity index (χ3n) is 2.63. The smallest absolute Gasteiger partial charge is 0.123 e. The summed E-state index contributed by atoms with van der Waals surface area (Å²) < 4.78 is 13.4. The Morgan fingerprint density at radius 2 is 2.11 bits per heavy atom. The molecule has 0 atom stereocenters. The summed E-state index contributed by atoms with van der Waals surface area (Å²) in [5.74, 6) is -0.234. The van der Waals surface area contributed by atoms with Crippen LogP contribution >= 0.6 is 22.9 Å². The predicted molar refractivity (Wildman–Crippen MR) is 76.7 cm³/mol. The van der Waals surface area contributed by atoms with Gasteiger partial charge in [-0.2, -0.15) is 0 Å². The first-order valence-electron chi connectivity index (χ1n) is 5.83. The first-order valence-corrected chi connectivity index (χ1v) is 7.09. The largest absolute Gasteiger partial charge is 0.310 e. The molecule has 0 spiro atoms. The second kappa shape index (κ2) is 5.83. The lowest BCUT2D eigenvalue weighted by molar-refractivity contribution is 0.587. The Labute approximate surface area is 116 Å². The average molecular weight is 284 g/mol. The van der Waals surface area contributed by atoms with Gasteiger partial charge in [-0.15, -0.1) is 11.3 Å². The molecule has 2 aromatic rings. The Bertz CT molecular complexity index is 536. The molecule has 1 aromatic heterocycles. The van der Waals surface area contributed by atoms with Gasteiger partial charge in [-0.1, -0.05) is 31.5 Å². The van der Waals surface area contributed by atoms with Crippen LogP contribution in [0.3, 0.4) is 0 Å². The van der Waals surface area contributed by atoms with Gasteiger partial charge in [-0.05, 0) is 29.1 Å². The zero-order chi connectivity index (χ0) is 13.1. The minimum atomic E-state index is -0.234. The maximum absolute atomic E-state index is 13.4. The third-order valence-corrected chi connectivity index (χ3v) is 4.01. The van der Waals surface area contributed by atoms with Gasteiger partial charge in [0.25, 0.3) is 0 Å². The van der Waals surface area contributed by atoms with E-state index in [0.29, 0.717) is 17.6 Å². The highest BCUT2D eigenvalue weighted by atomic mass is 35.5. The van der Waals surface area contributed by atoms with Gasteiger partial charge in [0.1, 0.15) is 5.82 Å². The van der Waals surface area contributed by atoms with E-state index in [1.165, 1.54) is 17.4 Å². The fourth-order valence-electron chi connectivity index (χ4n) is 1.71. The van der Waals surface area contributed by atoms with Crippen LogP contribution in [0.4, 0.5) is 4.39 Å². The Morgan fingerprint density at radius 1 is 1.33 bits per heavy atom. The molecule has 1 nitrogen and oxygen atoms in total. The molecule has 18 heavy (non-hydrogen) atoms. The zero-order valence-electron chi connectivity index (χ0n) is 10.3. The number of nitrogens with one attached hydrogen (secondary N) is 1. The molecule has 1 aromatic carbocycles. The van der Waals surface area contributed by atoms with Crippen LogP contribution in [-0.2, 0) is 6.54 Å². The quantitative estimate of drug-likeness (QED) is 0.857. The summed E-state index contributed by atoms with van der Waals surface area (Å²) in [6, 6.07) is 7.08. The standard InChI is InChI=1S/C14H15ClFNS/c1-9(2)17-8-10-3-4-11(16)7-12(10)14-13(15)5-6-18-14/h3-7,9,17H,8H2,1-2H3. The molecule has 0 aliphatic heterocycles. The molecule has 0 aliphatic rings. The summed E-state index contributed by atoms with van der Waals surface area (Å²) in [6.07, 6.45) is 0. The molecular formula is C14H15ClFNS.